The van der Waals surface area contributed by atoms with Gasteiger partial charge in [0.2, 0.25) is 0 Å². The standard InChI is InChI=1S/C43H46N6O6/c1-46(42(50)33-15-17-34(53-2)18-16-33)21-22-48(43(51)52)20-19-39(47-23-26-54-27-24-47)40-36(29-35-14-9-25-55-35)45-41-37(28-31-10-5-3-6-11-31)44-38(30-49(40)41)32-12-7-4-8-13-32/h3-18,25,30,39H,19-24,26-29H2,1-2H3,(H,51,52). The number of morpholine rings is 1. The van der Waals surface area contributed by atoms with Crippen molar-refractivity contribution in [2.24, 2.45) is 0 Å². The van der Waals surface area contributed by atoms with Crippen LogP contribution in [0, 0.1) is 0 Å². The number of hydrogen-bond donors (Lipinski definition) is 1. The molecule has 2 amide bonds. The highest BCUT2D eigenvalue weighted by Crippen LogP contribution is 2.33. The lowest BCUT2D eigenvalue weighted by Crippen LogP contribution is -2.43. The number of nitrogens with zero attached hydrogens (tertiary/aromatic N) is 6. The van der Waals surface area contributed by atoms with E-state index < -0.39 is 6.09 Å². The second kappa shape index (κ2) is 17.4. The minimum Gasteiger partial charge on any atom is -0.497 e. The number of ether oxygens (including phenoxy) is 2. The van der Waals surface area contributed by atoms with Gasteiger partial charge < -0.3 is 28.8 Å². The molecule has 4 heterocycles. The Bertz CT molecular complexity index is 2170. The van der Waals surface area contributed by atoms with Crippen LogP contribution in [0.3, 0.4) is 0 Å². The molecule has 0 radical (unpaired) electrons. The van der Waals surface area contributed by atoms with Gasteiger partial charge in [0, 0.05) is 63.5 Å². The van der Waals surface area contributed by atoms with Crippen LogP contribution in [-0.4, -0.2) is 106 Å². The Labute approximate surface area is 320 Å². The Balaban J connectivity index is 1.25. The fraction of sp³-hybridized carbons (Fsp3) is 0.302. The number of hydrogen-bond acceptors (Lipinski definition) is 8. The fourth-order valence-electron chi connectivity index (χ4n) is 7.18. The summed E-state index contributed by atoms with van der Waals surface area (Å²) in [6.45, 7) is 3.11. The van der Waals surface area contributed by atoms with Gasteiger partial charge in [0.25, 0.3) is 5.91 Å². The quantitative estimate of drug-likeness (QED) is 0.122. The van der Waals surface area contributed by atoms with E-state index in [9.17, 15) is 14.7 Å². The number of fused-ring (bicyclic) bond motifs is 1. The average molecular weight is 743 g/mol. The number of furan rings is 1. The van der Waals surface area contributed by atoms with Gasteiger partial charge in [-0.15, -0.1) is 0 Å². The van der Waals surface area contributed by atoms with Gasteiger partial charge in [-0.1, -0.05) is 60.7 Å². The summed E-state index contributed by atoms with van der Waals surface area (Å²) in [6.07, 6.45) is 4.21. The van der Waals surface area contributed by atoms with E-state index in [0.717, 1.165) is 45.3 Å². The molecule has 1 N–H and O–H groups in total. The smallest absolute Gasteiger partial charge is 0.407 e. The van der Waals surface area contributed by atoms with E-state index in [2.05, 4.69) is 39.8 Å². The molecule has 1 aliphatic rings. The van der Waals surface area contributed by atoms with Crippen molar-refractivity contribution in [2.75, 3.05) is 60.1 Å². The number of aromatic nitrogens is 3. The number of methoxy groups -OCH3 is 1. The second-order valence-corrected chi connectivity index (χ2v) is 13.7. The maximum Gasteiger partial charge on any atom is 0.407 e. The third-order valence-electron chi connectivity index (χ3n) is 10.1. The molecule has 1 atom stereocenters. The highest BCUT2D eigenvalue weighted by Gasteiger charge is 2.31. The maximum atomic E-state index is 13.2. The Morgan fingerprint density at radius 2 is 1.58 bits per heavy atom. The summed E-state index contributed by atoms with van der Waals surface area (Å²) < 4.78 is 19.1. The molecule has 3 aromatic heterocycles. The normalized spacial score (nSPS) is 13.8. The summed E-state index contributed by atoms with van der Waals surface area (Å²) in [7, 11) is 3.26. The lowest BCUT2D eigenvalue weighted by molar-refractivity contribution is 0.0108. The van der Waals surface area contributed by atoms with Crippen LogP contribution in [0.1, 0.15) is 51.2 Å². The van der Waals surface area contributed by atoms with Crippen molar-refractivity contribution in [3.8, 4) is 17.0 Å². The van der Waals surface area contributed by atoms with Crippen molar-refractivity contribution < 1.29 is 28.6 Å². The molecule has 0 spiro atoms. The van der Waals surface area contributed by atoms with Gasteiger partial charge in [-0.2, -0.15) is 0 Å². The molecule has 1 fully saturated rings. The first-order chi connectivity index (χ1) is 26.9. The molecule has 55 heavy (non-hydrogen) atoms. The summed E-state index contributed by atoms with van der Waals surface area (Å²) in [4.78, 5) is 41.8. The van der Waals surface area contributed by atoms with E-state index in [1.165, 1.54) is 4.90 Å². The van der Waals surface area contributed by atoms with Crippen LogP contribution >= 0.6 is 0 Å². The molecule has 0 bridgehead atoms. The van der Waals surface area contributed by atoms with Crippen LogP contribution in [0.4, 0.5) is 4.79 Å². The zero-order valence-electron chi connectivity index (χ0n) is 31.2. The van der Waals surface area contributed by atoms with Crippen LogP contribution in [-0.2, 0) is 17.6 Å². The fourth-order valence-corrected chi connectivity index (χ4v) is 7.18. The van der Waals surface area contributed by atoms with Crippen molar-refractivity contribution in [1.29, 1.82) is 0 Å². The number of benzene rings is 3. The van der Waals surface area contributed by atoms with E-state index in [-0.39, 0.29) is 31.6 Å². The van der Waals surface area contributed by atoms with E-state index in [4.69, 9.17) is 23.9 Å². The summed E-state index contributed by atoms with van der Waals surface area (Å²) in [5.74, 6) is 1.24. The van der Waals surface area contributed by atoms with Gasteiger partial charge in [-0.3, -0.25) is 14.1 Å². The zero-order chi connectivity index (χ0) is 38.1. The van der Waals surface area contributed by atoms with Gasteiger partial charge in [0.1, 0.15) is 11.5 Å². The van der Waals surface area contributed by atoms with E-state index >= 15 is 0 Å². The Hall–Kier alpha value is -5.98. The van der Waals surface area contributed by atoms with E-state index in [0.29, 0.717) is 56.9 Å². The summed E-state index contributed by atoms with van der Waals surface area (Å²) in [5, 5.41) is 10.4. The molecule has 3 aromatic carbocycles. The molecule has 1 aliphatic heterocycles. The van der Waals surface area contributed by atoms with Crippen molar-refractivity contribution in [2.45, 2.75) is 25.3 Å². The predicted octanol–water partition coefficient (Wildman–Crippen LogP) is 6.70. The van der Waals surface area contributed by atoms with Crippen LogP contribution in [0.2, 0.25) is 0 Å². The molecule has 7 rings (SSSR count). The number of rotatable bonds is 15. The third kappa shape index (κ3) is 8.88. The third-order valence-corrected chi connectivity index (χ3v) is 10.1. The summed E-state index contributed by atoms with van der Waals surface area (Å²) in [5.41, 5.74) is 6.85. The minimum atomic E-state index is -1.04. The highest BCUT2D eigenvalue weighted by atomic mass is 16.5. The molecule has 284 valence electrons. The topological polar surface area (TPSA) is 126 Å². The first-order valence-corrected chi connectivity index (χ1v) is 18.6. The van der Waals surface area contributed by atoms with Crippen LogP contribution < -0.4 is 4.74 Å². The first-order valence-electron chi connectivity index (χ1n) is 18.6. The Morgan fingerprint density at radius 1 is 0.855 bits per heavy atom. The number of carboxylic acid groups (broad SMARTS) is 1. The lowest BCUT2D eigenvalue weighted by Gasteiger charge is -2.36. The van der Waals surface area contributed by atoms with Crippen LogP contribution in [0.15, 0.2) is 114 Å². The van der Waals surface area contributed by atoms with Crippen molar-refractivity contribution in [3.63, 3.8) is 0 Å². The number of imidazole rings is 1. The zero-order valence-corrected chi connectivity index (χ0v) is 31.2. The van der Waals surface area contributed by atoms with Crippen molar-refractivity contribution >= 4 is 17.6 Å². The molecular weight excluding hydrogens is 697 g/mol. The molecule has 0 saturated carbocycles. The molecular formula is C43H46N6O6. The van der Waals surface area contributed by atoms with Gasteiger partial charge in [-0.05, 0) is 48.4 Å². The number of carbonyl (C=O) groups is 2. The average Bonchev–Trinajstić information content (AvgIpc) is 3.88. The second-order valence-electron chi connectivity index (χ2n) is 13.7. The van der Waals surface area contributed by atoms with Gasteiger partial charge >= 0.3 is 6.09 Å². The van der Waals surface area contributed by atoms with Gasteiger partial charge in [0.05, 0.1) is 61.8 Å². The summed E-state index contributed by atoms with van der Waals surface area (Å²) in [6, 6.07) is 30.9. The van der Waals surface area contributed by atoms with Crippen LogP contribution in [0.25, 0.3) is 16.9 Å². The Morgan fingerprint density at radius 3 is 2.25 bits per heavy atom. The van der Waals surface area contributed by atoms with Gasteiger partial charge in [-0.25, -0.2) is 14.8 Å². The SMILES string of the molecule is COc1ccc(C(=O)N(C)CCN(CCC(c2c(Cc3ccco3)nc3c(Cc4ccccc4)nc(-c4ccccc4)cn23)N2CCOCC2)C(=O)O)cc1. The van der Waals surface area contributed by atoms with Crippen molar-refractivity contribution in [1.82, 2.24) is 29.1 Å². The van der Waals surface area contributed by atoms with Crippen molar-refractivity contribution in [3.05, 3.63) is 143 Å². The van der Waals surface area contributed by atoms with E-state index in [1.807, 2.05) is 48.5 Å². The molecule has 12 heteroatoms. The molecule has 12 nitrogen and oxygen atoms in total. The summed E-state index contributed by atoms with van der Waals surface area (Å²) >= 11 is 0. The lowest BCUT2D eigenvalue weighted by atomic mass is 10.0. The predicted molar refractivity (Wildman–Crippen MR) is 208 cm³/mol. The Kier molecular flexibility index (Phi) is 11.8. The molecule has 1 unspecified atom stereocenters. The van der Waals surface area contributed by atoms with Gasteiger partial charge in [0.15, 0.2) is 5.65 Å². The minimum absolute atomic E-state index is 0.152. The first kappa shape index (κ1) is 37.3. The number of carbonyl (C=O) groups excluding carboxylic acids is 1. The monoisotopic (exact) mass is 742 g/mol. The maximum absolute atomic E-state index is 13.2. The number of likely N-dealkylation sites (N-methyl/N-ethyl adjacent to an activating group) is 1. The highest BCUT2D eigenvalue weighted by molar-refractivity contribution is 5.94. The van der Waals surface area contributed by atoms with E-state index in [1.54, 1.807) is 49.6 Å². The van der Waals surface area contributed by atoms with Crippen LogP contribution in [0.5, 0.6) is 5.75 Å². The molecule has 0 aliphatic carbocycles. The largest absolute Gasteiger partial charge is 0.497 e. The number of amides is 2. The molecule has 1 saturated heterocycles. The molecule has 6 aromatic rings.